The molecule has 0 heterocycles. The van der Waals surface area contributed by atoms with Gasteiger partial charge in [0.25, 0.3) is 0 Å². The molecule has 21 heavy (non-hydrogen) atoms. The van der Waals surface area contributed by atoms with Crippen molar-refractivity contribution in [3.63, 3.8) is 0 Å². The Balaban J connectivity index is 2.23. The third kappa shape index (κ3) is 7.98. The smallest absolute Gasteiger partial charge is 0.244 e. The van der Waals surface area contributed by atoms with Gasteiger partial charge < -0.3 is 10.1 Å². The average molecular weight is 287 g/mol. The molecule has 0 atom stereocenters. The summed E-state index contributed by atoms with van der Waals surface area (Å²) in [4.78, 5) is 11.6. The Labute approximate surface area is 127 Å². The fraction of sp³-hybridized carbons (Fsp3) is 0.389. The molecule has 0 aromatic heterocycles. The number of amides is 1. The van der Waals surface area contributed by atoms with Crippen LogP contribution in [0, 0.1) is 0 Å². The van der Waals surface area contributed by atoms with Crippen LogP contribution in [0.15, 0.2) is 48.6 Å². The number of methoxy groups -OCH3 is 1. The molecule has 0 aliphatic heterocycles. The van der Waals surface area contributed by atoms with E-state index in [-0.39, 0.29) is 5.91 Å². The number of rotatable bonds is 9. The predicted molar refractivity (Wildman–Crippen MR) is 87.3 cm³/mol. The van der Waals surface area contributed by atoms with Crippen molar-refractivity contribution in [2.45, 2.75) is 39.2 Å². The van der Waals surface area contributed by atoms with E-state index in [2.05, 4.69) is 18.3 Å². The first-order valence-corrected chi connectivity index (χ1v) is 7.50. The van der Waals surface area contributed by atoms with Crippen molar-refractivity contribution in [2.75, 3.05) is 7.11 Å². The van der Waals surface area contributed by atoms with Gasteiger partial charge in [-0.2, -0.15) is 0 Å². The van der Waals surface area contributed by atoms with E-state index >= 15 is 0 Å². The van der Waals surface area contributed by atoms with Crippen LogP contribution < -0.4 is 10.1 Å². The van der Waals surface area contributed by atoms with Gasteiger partial charge in [-0.05, 0) is 30.5 Å². The first-order chi connectivity index (χ1) is 10.3. The highest BCUT2D eigenvalue weighted by Crippen LogP contribution is 2.10. The van der Waals surface area contributed by atoms with E-state index in [1.165, 1.54) is 19.3 Å². The summed E-state index contributed by atoms with van der Waals surface area (Å²) >= 11 is 0. The van der Waals surface area contributed by atoms with Crippen molar-refractivity contribution >= 4 is 5.91 Å². The number of allylic oxidation sites excluding steroid dienone is 3. The molecule has 1 aromatic carbocycles. The number of hydrogen-bond donors (Lipinski definition) is 1. The summed E-state index contributed by atoms with van der Waals surface area (Å²) < 4.78 is 5.09. The number of benzene rings is 1. The minimum absolute atomic E-state index is 0.0796. The lowest BCUT2D eigenvalue weighted by Gasteiger charge is -2.04. The van der Waals surface area contributed by atoms with E-state index in [1.807, 2.05) is 30.3 Å². The molecule has 0 aliphatic rings. The Morgan fingerprint density at radius 2 is 1.95 bits per heavy atom. The van der Waals surface area contributed by atoms with Gasteiger partial charge in [-0.1, -0.05) is 50.1 Å². The molecular weight excluding hydrogens is 262 g/mol. The first-order valence-electron chi connectivity index (χ1n) is 7.50. The maximum Gasteiger partial charge on any atom is 0.244 e. The summed E-state index contributed by atoms with van der Waals surface area (Å²) in [7, 11) is 1.64. The fourth-order valence-electron chi connectivity index (χ4n) is 1.82. The van der Waals surface area contributed by atoms with Crippen LogP contribution in [-0.4, -0.2) is 13.0 Å². The molecule has 0 saturated carbocycles. The Morgan fingerprint density at radius 3 is 2.62 bits per heavy atom. The molecule has 0 saturated heterocycles. The van der Waals surface area contributed by atoms with Crippen LogP contribution in [0.2, 0.25) is 0 Å². The van der Waals surface area contributed by atoms with Crippen molar-refractivity contribution in [3.05, 3.63) is 54.1 Å². The van der Waals surface area contributed by atoms with E-state index in [4.69, 9.17) is 4.74 Å². The van der Waals surface area contributed by atoms with Gasteiger partial charge in [0.1, 0.15) is 5.75 Å². The van der Waals surface area contributed by atoms with E-state index < -0.39 is 0 Å². The minimum Gasteiger partial charge on any atom is -0.497 e. The van der Waals surface area contributed by atoms with Gasteiger partial charge in [-0.25, -0.2) is 0 Å². The maximum atomic E-state index is 11.6. The second-order valence-corrected chi connectivity index (χ2v) is 4.85. The number of unbranched alkanes of at least 4 members (excludes halogenated alkanes) is 3. The Kier molecular flexibility index (Phi) is 8.69. The van der Waals surface area contributed by atoms with Crippen LogP contribution in [0.4, 0.5) is 0 Å². The van der Waals surface area contributed by atoms with Crippen LogP contribution in [0.1, 0.15) is 38.2 Å². The summed E-state index contributed by atoms with van der Waals surface area (Å²) in [5.74, 6) is 0.738. The number of ether oxygens (including phenoxy) is 1. The lowest BCUT2D eigenvalue weighted by molar-refractivity contribution is -0.116. The van der Waals surface area contributed by atoms with E-state index in [9.17, 15) is 4.79 Å². The average Bonchev–Trinajstić information content (AvgIpc) is 2.52. The zero-order chi connectivity index (χ0) is 15.3. The van der Waals surface area contributed by atoms with E-state index in [0.717, 1.165) is 17.7 Å². The molecule has 1 aromatic rings. The topological polar surface area (TPSA) is 38.3 Å². The lowest BCUT2D eigenvalue weighted by Crippen LogP contribution is -2.20. The van der Waals surface area contributed by atoms with Gasteiger partial charge >= 0.3 is 0 Å². The van der Waals surface area contributed by atoms with E-state index in [1.54, 1.807) is 19.3 Å². The second-order valence-electron chi connectivity index (χ2n) is 4.85. The van der Waals surface area contributed by atoms with Crippen molar-refractivity contribution in [3.8, 4) is 5.75 Å². The van der Waals surface area contributed by atoms with Gasteiger partial charge in [0.2, 0.25) is 5.91 Å². The van der Waals surface area contributed by atoms with Gasteiger partial charge in [0.15, 0.2) is 0 Å². The standard InChI is InChI=1S/C18H25NO2/c1-3-4-5-6-7-8-9-10-18(20)19-15-16-11-13-17(21-2)14-12-16/h7-14H,3-6,15H2,1-2H3,(H,19,20)/b8-7+,10-9+. The largest absolute Gasteiger partial charge is 0.497 e. The minimum atomic E-state index is -0.0796. The molecule has 3 nitrogen and oxygen atoms in total. The summed E-state index contributed by atoms with van der Waals surface area (Å²) in [5, 5.41) is 2.85. The number of nitrogens with one attached hydrogen (secondary N) is 1. The van der Waals surface area contributed by atoms with Gasteiger partial charge in [-0.15, -0.1) is 0 Å². The zero-order valence-electron chi connectivity index (χ0n) is 13.0. The molecule has 0 fully saturated rings. The zero-order valence-corrected chi connectivity index (χ0v) is 13.0. The fourth-order valence-corrected chi connectivity index (χ4v) is 1.82. The van der Waals surface area contributed by atoms with Crippen LogP contribution in [0.25, 0.3) is 0 Å². The molecule has 1 N–H and O–H groups in total. The number of carbonyl (C=O) groups is 1. The third-order valence-corrected chi connectivity index (χ3v) is 3.09. The third-order valence-electron chi connectivity index (χ3n) is 3.09. The molecule has 1 rings (SSSR count). The summed E-state index contributed by atoms with van der Waals surface area (Å²) in [5.41, 5.74) is 1.05. The van der Waals surface area contributed by atoms with Gasteiger partial charge in [-0.3, -0.25) is 4.79 Å². The summed E-state index contributed by atoms with van der Waals surface area (Å²) in [6.45, 7) is 2.71. The van der Waals surface area contributed by atoms with E-state index in [0.29, 0.717) is 6.54 Å². The van der Waals surface area contributed by atoms with Crippen molar-refractivity contribution in [2.24, 2.45) is 0 Å². The van der Waals surface area contributed by atoms with Crippen LogP contribution >= 0.6 is 0 Å². The maximum absolute atomic E-state index is 11.6. The molecule has 0 radical (unpaired) electrons. The summed E-state index contributed by atoms with van der Waals surface area (Å²) in [6.07, 6.45) is 12.2. The Morgan fingerprint density at radius 1 is 1.19 bits per heavy atom. The van der Waals surface area contributed by atoms with Crippen LogP contribution in [0.5, 0.6) is 5.75 Å². The molecular formula is C18H25NO2. The molecule has 0 aliphatic carbocycles. The lowest BCUT2D eigenvalue weighted by atomic mass is 10.2. The van der Waals surface area contributed by atoms with Crippen LogP contribution in [-0.2, 0) is 11.3 Å². The normalized spacial score (nSPS) is 11.1. The molecule has 114 valence electrons. The SMILES string of the molecule is CCCCC/C=C/C=C/C(=O)NCc1ccc(OC)cc1. The Hall–Kier alpha value is -2.03. The Bertz CT molecular complexity index is 461. The molecule has 3 heteroatoms. The van der Waals surface area contributed by atoms with Crippen molar-refractivity contribution < 1.29 is 9.53 Å². The second kappa shape index (κ2) is 10.7. The first kappa shape index (κ1) is 17.0. The predicted octanol–water partition coefficient (Wildman–Crippen LogP) is 4.00. The molecule has 0 bridgehead atoms. The van der Waals surface area contributed by atoms with Crippen molar-refractivity contribution in [1.82, 2.24) is 5.32 Å². The molecule has 0 spiro atoms. The number of hydrogen-bond acceptors (Lipinski definition) is 2. The summed E-state index contributed by atoms with van der Waals surface area (Å²) in [6, 6.07) is 7.65. The highest BCUT2D eigenvalue weighted by Gasteiger charge is 1.97. The van der Waals surface area contributed by atoms with Crippen molar-refractivity contribution in [1.29, 1.82) is 0 Å². The molecule has 0 unspecified atom stereocenters. The number of carbonyl (C=O) groups excluding carboxylic acids is 1. The monoisotopic (exact) mass is 287 g/mol. The van der Waals surface area contributed by atoms with Crippen LogP contribution in [0.3, 0.4) is 0 Å². The highest BCUT2D eigenvalue weighted by molar-refractivity contribution is 5.87. The van der Waals surface area contributed by atoms with Gasteiger partial charge in [0, 0.05) is 12.6 Å². The van der Waals surface area contributed by atoms with Gasteiger partial charge in [0.05, 0.1) is 7.11 Å². The molecule has 1 amide bonds. The highest BCUT2D eigenvalue weighted by atomic mass is 16.5. The quantitative estimate of drug-likeness (QED) is 0.423.